The molecule has 0 atom stereocenters. The Hall–Kier alpha value is -3.57. The Labute approximate surface area is 201 Å². The molecule has 34 heavy (non-hydrogen) atoms. The summed E-state index contributed by atoms with van der Waals surface area (Å²) in [5.74, 6) is 1.00. The van der Waals surface area contributed by atoms with Crippen molar-refractivity contribution in [3.63, 3.8) is 0 Å². The van der Waals surface area contributed by atoms with Crippen LogP contribution in [0.15, 0.2) is 79.4 Å². The molecule has 176 valence electrons. The molecule has 1 aliphatic rings. The Morgan fingerprint density at radius 2 is 1.38 bits per heavy atom. The van der Waals surface area contributed by atoms with E-state index in [4.69, 9.17) is 9.47 Å². The first-order chi connectivity index (χ1) is 16.5. The second-order valence-electron chi connectivity index (χ2n) is 8.70. The summed E-state index contributed by atoms with van der Waals surface area (Å²) in [6.07, 6.45) is 0.812. The van der Waals surface area contributed by atoms with Crippen molar-refractivity contribution >= 4 is 11.5 Å². The summed E-state index contributed by atoms with van der Waals surface area (Å²) in [6, 6.07) is 23.4. The maximum atomic E-state index is 13.5. The number of hydrogen-bond donors (Lipinski definition) is 1. The molecule has 0 saturated carbocycles. The van der Waals surface area contributed by atoms with Crippen LogP contribution < -0.4 is 9.47 Å². The largest absolute Gasteiger partial charge is 0.488 e. The fourth-order valence-electron chi connectivity index (χ4n) is 4.01. The highest BCUT2D eigenvalue weighted by atomic mass is 16.5. The first-order valence-electron chi connectivity index (χ1n) is 11.7. The van der Waals surface area contributed by atoms with Gasteiger partial charge in [0, 0.05) is 24.7 Å². The lowest BCUT2D eigenvalue weighted by atomic mass is 10.0. The van der Waals surface area contributed by atoms with Crippen molar-refractivity contribution in [2.75, 3.05) is 13.1 Å². The highest BCUT2D eigenvalue weighted by Gasteiger charge is 2.26. The van der Waals surface area contributed by atoms with Gasteiger partial charge in [0.2, 0.25) is 0 Å². The van der Waals surface area contributed by atoms with E-state index >= 15 is 0 Å². The van der Waals surface area contributed by atoms with Crippen molar-refractivity contribution in [3.8, 4) is 11.5 Å². The van der Waals surface area contributed by atoms with Crippen molar-refractivity contribution < 1.29 is 19.4 Å². The topological polar surface area (TPSA) is 59.0 Å². The smallest absolute Gasteiger partial charge is 0.257 e. The highest BCUT2D eigenvalue weighted by molar-refractivity contribution is 5.98. The van der Waals surface area contributed by atoms with Gasteiger partial charge in [0.1, 0.15) is 24.7 Å². The van der Waals surface area contributed by atoms with Gasteiger partial charge in [0.15, 0.2) is 0 Å². The third kappa shape index (κ3) is 5.86. The van der Waals surface area contributed by atoms with Gasteiger partial charge in [-0.1, -0.05) is 67.2 Å². The number of allylic oxidation sites excluding steroid dienone is 1. The lowest BCUT2D eigenvalue weighted by molar-refractivity contribution is 0.0542. The van der Waals surface area contributed by atoms with E-state index < -0.39 is 0 Å². The molecule has 1 amide bonds. The predicted molar refractivity (Wildman–Crippen MR) is 134 cm³/mol. The van der Waals surface area contributed by atoms with E-state index in [9.17, 15) is 9.90 Å². The number of aliphatic hydroxyl groups is 1. The summed E-state index contributed by atoms with van der Waals surface area (Å²) in [5.41, 5.74) is 4.13. The normalized spacial score (nSPS) is 14.0. The molecular weight excluding hydrogens is 426 g/mol. The molecule has 0 aromatic heterocycles. The summed E-state index contributed by atoms with van der Waals surface area (Å²) in [4.78, 5) is 15.3. The van der Waals surface area contributed by atoms with Crippen LogP contribution in [0.2, 0.25) is 0 Å². The molecule has 4 rings (SSSR count). The number of amides is 1. The van der Waals surface area contributed by atoms with Crippen LogP contribution in [-0.2, 0) is 13.2 Å². The number of nitrogens with zero attached hydrogens (tertiary/aromatic N) is 1. The average molecular weight is 458 g/mol. The average Bonchev–Trinajstić information content (AvgIpc) is 2.87. The molecule has 5 nitrogen and oxygen atoms in total. The fraction of sp³-hybridized carbons (Fsp3) is 0.276. The van der Waals surface area contributed by atoms with Crippen LogP contribution in [0.3, 0.4) is 0 Å². The maximum Gasteiger partial charge on any atom is 0.257 e. The maximum absolute atomic E-state index is 13.5. The number of benzene rings is 3. The minimum absolute atomic E-state index is 0.105. The van der Waals surface area contributed by atoms with Crippen molar-refractivity contribution in [1.82, 2.24) is 4.90 Å². The van der Waals surface area contributed by atoms with E-state index in [0.717, 1.165) is 22.3 Å². The van der Waals surface area contributed by atoms with E-state index in [1.165, 1.54) is 0 Å². The molecule has 3 aromatic rings. The monoisotopic (exact) mass is 457 g/mol. The molecule has 0 aliphatic carbocycles. The van der Waals surface area contributed by atoms with Crippen molar-refractivity contribution in [2.24, 2.45) is 0 Å². The molecule has 3 aromatic carbocycles. The van der Waals surface area contributed by atoms with Gasteiger partial charge >= 0.3 is 0 Å². The standard InChI is InChI=1S/C29H31NO4/c1-21(2)25-17-26(29(32)30-15-13-24(31)14-16-30)28(34-20-23-11-7-4-8-12-23)18-27(25)33-19-22-9-5-3-6-10-22/h3-12,17-18,24,31H,1,13-16,19-20H2,2H3. The van der Waals surface area contributed by atoms with Gasteiger partial charge in [-0.25, -0.2) is 0 Å². The van der Waals surface area contributed by atoms with E-state index in [2.05, 4.69) is 6.58 Å². The third-order valence-corrected chi connectivity index (χ3v) is 6.00. The lowest BCUT2D eigenvalue weighted by Crippen LogP contribution is -2.40. The van der Waals surface area contributed by atoms with Gasteiger partial charge in [0.05, 0.1) is 11.7 Å². The molecule has 1 saturated heterocycles. The number of likely N-dealkylation sites (tertiary alicyclic amines) is 1. The van der Waals surface area contributed by atoms with E-state index in [1.807, 2.05) is 79.7 Å². The number of aliphatic hydroxyl groups excluding tert-OH is 1. The molecule has 0 spiro atoms. The molecule has 1 heterocycles. The number of ether oxygens (including phenoxy) is 2. The Balaban J connectivity index is 1.66. The Bertz CT molecular complexity index is 1120. The molecule has 0 radical (unpaired) electrons. The Morgan fingerprint density at radius 1 is 0.882 bits per heavy atom. The number of rotatable bonds is 8. The van der Waals surface area contributed by atoms with Gasteiger partial charge in [-0.2, -0.15) is 0 Å². The zero-order valence-electron chi connectivity index (χ0n) is 19.6. The van der Waals surface area contributed by atoms with Crippen molar-refractivity contribution in [1.29, 1.82) is 0 Å². The van der Waals surface area contributed by atoms with Crippen LogP contribution in [0.1, 0.15) is 46.8 Å². The van der Waals surface area contributed by atoms with Crippen LogP contribution in [-0.4, -0.2) is 35.1 Å². The van der Waals surface area contributed by atoms with Crippen LogP contribution in [0.5, 0.6) is 11.5 Å². The minimum atomic E-state index is -0.349. The van der Waals surface area contributed by atoms with Crippen molar-refractivity contribution in [3.05, 3.63) is 102 Å². The second-order valence-corrected chi connectivity index (χ2v) is 8.70. The predicted octanol–water partition coefficient (Wildman–Crippen LogP) is 5.47. The lowest BCUT2D eigenvalue weighted by Gasteiger charge is -2.30. The number of piperidine rings is 1. The summed E-state index contributed by atoms with van der Waals surface area (Å²) in [7, 11) is 0. The molecule has 1 N–H and O–H groups in total. The number of carbonyl (C=O) groups excluding carboxylic acids is 1. The third-order valence-electron chi connectivity index (χ3n) is 6.00. The number of hydrogen-bond acceptors (Lipinski definition) is 4. The summed E-state index contributed by atoms with van der Waals surface area (Å²) >= 11 is 0. The summed E-state index contributed by atoms with van der Waals surface area (Å²) in [5, 5.41) is 9.86. The molecule has 1 fully saturated rings. The zero-order chi connectivity index (χ0) is 23.9. The molecule has 0 unspecified atom stereocenters. The van der Waals surface area contributed by atoms with E-state index in [-0.39, 0.29) is 12.0 Å². The van der Waals surface area contributed by atoms with Crippen LogP contribution in [0.25, 0.3) is 5.57 Å². The quantitative estimate of drug-likeness (QED) is 0.487. The van der Waals surface area contributed by atoms with Gasteiger partial charge in [-0.05, 0) is 42.5 Å². The van der Waals surface area contributed by atoms with Gasteiger partial charge < -0.3 is 19.5 Å². The Kier molecular flexibility index (Phi) is 7.65. The first-order valence-corrected chi connectivity index (χ1v) is 11.7. The summed E-state index contributed by atoms with van der Waals surface area (Å²) < 4.78 is 12.3. The SMILES string of the molecule is C=C(C)c1cc(C(=O)N2CCC(O)CC2)c(OCc2ccccc2)cc1OCc1ccccc1. The van der Waals surface area contributed by atoms with Crippen LogP contribution >= 0.6 is 0 Å². The van der Waals surface area contributed by atoms with Crippen LogP contribution in [0, 0.1) is 0 Å². The van der Waals surface area contributed by atoms with Gasteiger partial charge in [-0.3, -0.25) is 4.79 Å². The molecule has 5 heteroatoms. The second kappa shape index (κ2) is 11.0. The highest BCUT2D eigenvalue weighted by Crippen LogP contribution is 2.35. The zero-order valence-corrected chi connectivity index (χ0v) is 19.6. The van der Waals surface area contributed by atoms with Gasteiger partial charge in [0.25, 0.3) is 5.91 Å². The number of carbonyl (C=O) groups is 1. The van der Waals surface area contributed by atoms with E-state index in [1.54, 1.807) is 4.90 Å². The summed E-state index contributed by atoms with van der Waals surface area (Å²) in [6.45, 7) is 7.79. The van der Waals surface area contributed by atoms with E-state index in [0.29, 0.717) is 56.2 Å². The van der Waals surface area contributed by atoms with Crippen LogP contribution in [0.4, 0.5) is 0 Å². The molecule has 0 bridgehead atoms. The van der Waals surface area contributed by atoms with Gasteiger partial charge in [-0.15, -0.1) is 0 Å². The van der Waals surface area contributed by atoms with Crippen molar-refractivity contribution in [2.45, 2.75) is 39.1 Å². The molecule has 1 aliphatic heterocycles. The first kappa shape index (κ1) is 23.6. The Morgan fingerprint density at radius 3 is 1.88 bits per heavy atom. The molecular formula is C29H31NO4. The minimum Gasteiger partial charge on any atom is -0.488 e. The fourth-order valence-corrected chi connectivity index (χ4v) is 4.01.